The molecule has 2 heterocycles. The number of nitrogens with one attached hydrogen (secondary N) is 1. The van der Waals surface area contributed by atoms with E-state index in [4.69, 9.17) is 27.9 Å². The normalized spacial score (nSPS) is 11.0. The molecule has 140 valence electrons. The highest BCUT2D eigenvalue weighted by Gasteiger charge is 2.12. The molecule has 0 fully saturated rings. The van der Waals surface area contributed by atoms with Crippen LogP contribution in [0.5, 0.6) is 0 Å². The second kappa shape index (κ2) is 7.62. The Kier molecular flexibility index (Phi) is 5.03. The average Bonchev–Trinajstić information content (AvgIpc) is 3.13. The molecule has 0 amide bonds. The first kappa shape index (κ1) is 18.5. The van der Waals surface area contributed by atoms with Crippen LogP contribution in [0, 0.1) is 0 Å². The van der Waals surface area contributed by atoms with Crippen LogP contribution in [0.4, 0.5) is 0 Å². The van der Waals surface area contributed by atoms with Crippen LogP contribution in [0.3, 0.4) is 0 Å². The van der Waals surface area contributed by atoms with E-state index in [1.165, 1.54) is 0 Å². The number of rotatable bonds is 4. The van der Waals surface area contributed by atoms with Crippen molar-refractivity contribution in [3.8, 4) is 22.5 Å². The number of halogens is 2. The van der Waals surface area contributed by atoms with Crippen molar-refractivity contribution in [3.05, 3.63) is 70.2 Å². The molecular formula is C21H15Cl2N3O2. The molecular weight excluding hydrogens is 397 g/mol. The molecule has 7 heteroatoms. The number of nitrogens with zero attached hydrogens (tertiary/aromatic N) is 2. The van der Waals surface area contributed by atoms with Gasteiger partial charge in [0.1, 0.15) is 0 Å². The van der Waals surface area contributed by atoms with Gasteiger partial charge in [-0.1, -0.05) is 41.4 Å². The number of ether oxygens (including phenoxy) is 1. The number of pyridine rings is 1. The van der Waals surface area contributed by atoms with Crippen LogP contribution in [0.2, 0.25) is 10.0 Å². The quantitative estimate of drug-likeness (QED) is 0.432. The van der Waals surface area contributed by atoms with Crippen LogP contribution < -0.4 is 0 Å². The van der Waals surface area contributed by atoms with Crippen molar-refractivity contribution in [1.82, 2.24) is 15.2 Å². The highest BCUT2D eigenvalue weighted by Crippen LogP contribution is 2.32. The molecule has 0 aliphatic rings. The second-order valence-corrected chi connectivity index (χ2v) is 6.91. The van der Waals surface area contributed by atoms with E-state index in [0.29, 0.717) is 27.9 Å². The van der Waals surface area contributed by atoms with Gasteiger partial charge in [-0.3, -0.25) is 5.10 Å². The minimum atomic E-state index is -0.337. The highest BCUT2D eigenvalue weighted by atomic mass is 35.5. The van der Waals surface area contributed by atoms with Crippen LogP contribution in [0.15, 0.2) is 54.6 Å². The molecule has 0 saturated carbocycles. The van der Waals surface area contributed by atoms with Crippen LogP contribution in [0.25, 0.3) is 33.5 Å². The standard InChI is InChI=1S/C21H15Cl2N3O2/c1-2-28-21(27)13-5-3-12(4-6-13)18-10-8-15-19(25-26-20(15)24-18)14-7-9-16(22)17(23)11-14/h3-11H,2H2,1H3,(H,24,25,26). The summed E-state index contributed by atoms with van der Waals surface area (Å²) in [6.07, 6.45) is 0. The third-order valence-electron chi connectivity index (χ3n) is 4.32. The number of carbonyl (C=O) groups is 1. The van der Waals surface area contributed by atoms with E-state index in [1.807, 2.05) is 30.3 Å². The third kappa shape index (κ3) is 3.46. The summed E-state index contributed by atoms with van der Waals surface area (Å²) < 4.78 is 5.01. The van der Waals surface area contributed by atoms with E-state index in [1.54, 1.807) is 31.2 Å². The van der Waals surface area contributed by atoms with Crippen molar-refractivity contribution < 1.29 is 9.53 Å². The molecule has 0 saturated heterocycles. The maximum atomic E-state index is 11.8. The minimum absolute atomic E-state index is 0.337. The molecule has 4 rings (SSSR count). The van der Waals surface area contributed by atoms with Gasteiger partial charge in [0.05, 0.1) is 33.6 Å². The van der Waals surface area contributed by atoms with Gasteiger partial charge in [0.25, 0.3) is 0 Å². The summed E-state index contributed by atoms with van der Waals surface area (Å²) in [5.41, 5.74) is 4.45. The molecule has 0 radical (unpaired) electrons. The van der Waals surface area contributed by atoms with Crippen molar-refractivity contribution in [2.45, 2.75) is 6.92 Å². The molecule has 0 spiro atoms. The summed E-state index contributed by atoms with van der Waals surface area (Å²) in [5.74, 6) is -0.337. The van der Waals surface area contributed by atoms with E-state index >= 15 is 0 Å². The van der Waals surface area contributed by atoms with E-state index < -0.39 is 0 Å². The van der Waals surface area contributed by atoms with Crippen molar-refractivity contribution in [2.24, 2.45) is 0 Å². The van der Waals surface area contributed by atoms with Crippen molar-refractivity contribution in [1.29, 1.82) is 0 Å². The van der Waals surface area contributed by atoms with E-state index in [9.17, 15) is 4.79 Å². The van der Waals surface area contributed by atoms with Gasteiger partial charge < -0.3 is 4.74 Å². The van der Waals surface area contributed by atoms with Gasteiger partial charge in [-0.25, -0.2) is 9.78 Å². The molecule has 0 bridgehead atoms. The second-order valence-electron chi connectivity index (χ2n) is 6.09. The van der Waals surface area contributed by atoms with Crippen molar-refractivity contribution in [2.75, 3.05) is 6.61 Å². The van der Waals surface area contributed by atoms with Gasteiger partial charge >= 0.3 is 5.97 Å². The minimum Gasteiger partial charge on any atom is -0.462 e. The van der Waals surface area contributed by atoms with Gasteiger partial charge in [0.2, 0.25) is 0 Å². The van der Waals surface area contributed by atoms with Crippen LogP contribution >= 0.6 is 23.2 Å². The van der Waals surface area contributed by atoms with Gasteiger partial charge in [0, 0.05) is 16.5 Å². The Labute approximate surface area is 171 Å². The smallest absolute Gasteiger partial charge is 0.338 e. The van der Waals surface area contributed by atoms with Gasteiger partial charge in [0.15, 0.2) is 5.65 Å². The Hall–Kier alpha value is -2.89. The molecule has 2 aromatic carbocycles. The van der Waals surface area contributed by atoms with E-state index in [0.717, 1.165) is 27.9 Å². The molecule has 5 nitrogen and oxygen atoms in total. The fourth-order valence-corrected chi connectivity index (χ4v) is 3.22. The number of hydrogen-bond acceptors (Lipinski definition) is 4. The van der Waals surface area contributed by atoms with E-state index in [2.05, 4.69) is 15.2 Å². The Balaban J connectivity index is 1.67. The summed E-state index contributed by atoms with van der Waals surface area (Å²) in [7, 11) is 0. The number of benzene rings is 2. The van der Waals surface area contributed by atoms with Crippen molar-refractivity contribution in [3.63, 3.8) is 0 Å². The Morgan fingerprint density at radius 2 is 1.75 bits per heavy atom. The zero-order valence-corrected chi connectivity index (χ0v) is 16.4. The first-order valence-electron chi connectivity index (χ1n) is 8.65. The summed E-state index contributed by atoms with van der Waals surface area (Å²) in [4.78, 5) is 16.4. The van der Waals surface area contributed by atoms with Crippen LogP contribution in [-0.4, -0.2) is 27.8 Å². The maximum Gasteiger partial charge on any atom is 0.338 e. The van der Waals surface area contributed by atoms with Gasteiger partial charge in [-0.15, -0.1) is 0 Å². The predicted molar refractivity (Wildman–Crippen MR) is 111 cm³/mol. The highest BCUT2D eigenvalue weighted by molar-refractivity contribution is 6.42. The third-order valence-corrected chi connectivity index (χ3v) is 5.06. The Morgan fingerprint density at radius 3 is 2.46 bits per heavy atom. The van der Waals surface area contributed by atoms with Gasteiger partial charge in [-0.05, 0) is 43.3 Å². The predicted octanol–water partition coefficient (Wildman–Crippen LogP) is 5.78. The fraction of sp³-hybridized carbons (Fsp3) is 0.0952. The number of carbonyl (C=O) groups excluding carboxylic acids is 1. The Bertz CT molecular complexity index is 1170. The molecule has 0 atom stereocenters. The fourth-order valence-electron chi connectivity index (χ4n) is 2.92. The number of esters is 1. The summed E-state index contributed by atoms with van der Waals surface area (Å²) in [6, 6.07) is 16.4. The topological polar surface area (TPSA) is 67.9 Å². The number of aromatic amines is 1. The number of aromatic nitrogens is 3. The zero-order chi connectivity index (χ0) is 19.7. The molecule has 0 unspecified atom stereocenters. The monoisotopic (exact) mass is 411 g/mol. The first-order chi connectivity index (χ1) is 13.6. The molecule has 4 aromatic rings. The average molecular weight is 412 g/mol. The zero-order valence-electron chi connectivity index (χ0n) is 14.9. The number of fused-ring (bicyclic) bond motifs is 1. The summed E-state index contributed by atoms with van der Waals surface area (Å²) >= 11 is 12.1. The lowest BCUT2D eigenvalue weighted by Gasteiger charge is -2.05. The molecule has 28 heavy (non-hydrogen) atoms. The molecule has 0 aliphatic carbocycles. The lowest BCUT2D eigenvalue weighted by Crippen LogP contribution is -2.04. The Morgan fingerprint density at radius 1 is 1.00 bits per heavy atom. The molecule has 1 N–H and O–H groups in total. The first-order valence-corrected chi connectivity index (χ1v) is 9.40. The summed E-state index contributed by atoms with van der Waals surface area (Å²) in [5, 5.41) is 9.20. The maximum absolute atomic E-state index is 11.8. The molecule has 0 aliphatic heterocycles. The lowest BCUT2D eigenvalue weighted by atomic mass is 10.1. The SMILES string of the molecule is CCOC(=O)c1ccc(-c2ccc3c(-c4ccc(Cl)c(Cl)c4)[nH]nc3n2)cc1. The van der Waals surface area contributed by atoms with Crippen molar-refractivity contribution >= 4 is 40.2 Å². The number of hydrogen-bond donors (Lipinski definition) is 1. The number of H-pyrrole nitrogens is 1. The van der Waals surface area contributed by atoms with Gasteiger partial charge in [-0.2, -0.15) is 5.10 Å². The lowest BCUT2D eigenvalue weighted by molar-refractivity contribution is 0.0526. The van der Waals surface area contributed by atoms with E-state index in [-0.39, 0.29) is 5.97 Å². The van der Waals surface area contributed by atoms with Crippen LogP contribution in [-0.2, 0) is 4.74 Å². The summed E-state index contributed by atoms with van der Waals surface area (Å²) in [6.45, 7) is 2.13. The van der Waals surface area contributed by atoms with Crippen LogP contribution in [0.1, 0.15) is 17.3 Å². The molecule has 2 aromatic heterocycles. The largest absolute Gasteiger partial charge is 0.462 e.